The van der Waals surface area contributed by atoms with Crippen LogP contribution in [-0.4, -0.2) is 43.2 Å². The molecule has 0 aromatic carbocycles. The number of carbonyl (C=O) groups excluding carboxylic acids is 1. The Morgan fingerprint density at radius 3 is 2.55 bits per heavy atom. The molecular formula is C14H19N5O. The summed E-state index contributed by atoms with van der Waals surface area (Å²) in [6.07, 6.45) is 9.29. The maximum Gasteiger partial charge on any atom is 0.272 e. The lowest BCUT2D eigenvalue weighted by molar-refractivity contribution is 0.0703. The summed E-state index contributed by atoms with van der Waals surface area (Å²) in [4.78, 5) is 18.3. The monoisotopic (exact) mass is 273 g/mol. The molecule has 2 aromatic rings. The number of carbonyl (C=O) groups is 1. The molecule has 0 saturated carbocycles. The van der Waals surface area contributed by atoms with E-state index in [1.165, 1.54) is 5.56 Å². The maximum absolute atomic E-state index is 12.4. The zero-order valence-corrected chi connectivity index (χ0v) is 11.9. The van der Waals surface area contributed by atoms with Crippen LogP contribution in [0.15, 0.2) is 24.9 Å². The molecule has 1 saturated heterocycles. The lowest BCUT2D eigenvalue weighted by atomic mass is 9.91. The predicted octanol–water partition coefficient (Wildman–Crippen LogP) is 1.17. The van der Waals surface area contributed by atoms with Crippen LogP contribution in [0.1, 0.15) is 34.8 Å². The molecule has 2 aromatic heterocycles. The van der Waals surface area contributed by atoms with Crippen molar-refractivity contribution < 1.29 is 4.79 Å². The SMILES string of the molecule is Cn1cc(C2CCN(C(=O)c3cncn3C)CC2)cn1. The first-order chi connectivity index (χ1) is 9.65. The van der Waals surface area contributed by atoms with Gasteiger partial charge in [-0.1, -0.05) is 0 Å². The topological polar surface area (TPSA) is 56.0 Å². The van der Waals surface area contributed by atoms with Gasteiger partial charge in [-0.2, -0.15) is 5.10 Å². The minimum absolute atomic E-state index is 0.0784. The Labute approximate surface area is 118 Å². The van der Waals surface area contributed by atoms with Crippen molar-refractivity contribution in [3.05, 3.63) is 36.2 Å². The van der Waals surface area contributed by atoms with Crippen molar-refractivity contribution in [1.82, 2.24) is 24.2 Å². The van der Waals surface area contributed by atoms with Crippen molar-refractivity contribution in [2.24, 2.45) is 14.1 Å². The van der Waals surface area contributed by atoms with Gasteiger partial charge in [0.2, 0.25) is 0 Å². The molecule has 0 N–H and O–H groups in total. The van der Waals surface area contributed by atoms with E-state index in [0.717, 1.165) is 25.9 Å². The highest BCUT2D eigenvalue weighted by Crippen LogP contribution is 2.28. The number of likely N-dealkylation sites (tertiary alicyclic amines) is 1. The van der Waals surface area contributed by atoms with E-state index in [-0.39, 0.29) is 5.91 Å². The van der Waals surface area contributed by atoms with Crippen LogP contribution in [0.5, 0.6) is 0 Å². The average molecular weight is 273 g/mol. The zero-order chi connectivity index (χ0) is 14.1. The lowest BCUT2D eigenvalue weighted by Crippen LogP contribution is -2.38. The van der Waals surface area contributed by atoms with E-state index in [0.29, 0.717) is 11.6 Å². The van der Waals surface area contributed by atoms with Crippen LogP contribution in [0.3, 0.4) is 0 Å². The fraction of sp³-hybridized carbons (Fsp3) is 0.500. The molecule has 0 unspecified atom stereocenters. The highest BCUT2D eigenvalue weighted by Gasteiger charge is 2.26. The molecule has 0 radical (unpaired) electrons. The van der Waals surface area contributed by atoms with Crippen molar-refractivity contribution in [2.45, 2.75) is 18.8 Å². The third-order valence-electron chi connectivity index (χ3n) is 4.01. The third kappa shape index (κ3) is 2.33. The number of nitrogens with zero attached hydrogens (tertiary/aromatic N) is 5. The Morgan fingerprint density at radius 1 is 1.25 bits per heavy atom. The molecule has 3 rings (SSSR count). The van der Waals surface area contributed by atoms with Gasteiger partial charge in [-0.25, -0.2) is 4.98 Å². The number of hydrogen-bond acceptors (Lipinski definition) is 3. The van der Waals surface area contributed by atoms with E-state index in [1.807, 2.05) is 29.9 Å². The van der Waals surface area contributed by atoms with Gasteiger partial charge in [-0.15, -0.1) is 0 Å². The number of hydrogen-bond donors (Lipinski definition) is 0. The molecule has 20 heavy (non-hydrogen) atoms. The second kappa shape index (κ2) is 5.11. The van der Waals surface area contributed by atoms with Gasteiger partial charge in [0.15, 0.2) is 0 Å². The molecule has 6 heteroatoms. The molecule has 6 nitrogen and oxygen atoms in total. The van der Waals surface area contributed by atoms with Gasteiger partial charge in [0.25, 0.3) is 5.91 Å². The summed E-state index contributed by atoms with van der Waals surface area (Å²) in [6, 6.07) is 0. The molecule has 0 spiro atoms. The molecule has 1 aliphatic rings. The van der Waals surface area contributed by atoms with Gasteiger partial charge >= 0.3 is 0 Å². The summed E-state index contributed by atoms with van der Waals surface area (Å²) in [5.74, 6) is 0.592. The van der Waals surface area contributed by atoms with E-state index in [2.05, 4.69) is 16.3 Å². The van der Waals surface area contributed by atoms with Gasteiger partial charge in [-0.3, -0.25) is 9.48 Å². The Balaban J connectivity index is 1.64. The number of aromatic nitrogens is 4. The minimum atomic E-state index is 0.0784. The van der Waals surface area contributed by atoms with Crippen LogP contribution in [0.4, 0.5) is 0 Å². The normalized spacial score (nSPS) is 16.6. The van der Waals surface area contributed by atoms with Gasteiger partial charge in [0.05, 0.1) is 18.7 Å². The van der Waals surface area contributed by atoms with Gasteiger partial charge in [-0.05, 0) is 24.3 Å². The Morgan fingerprint density at radius 2 is 2.00 bits per heavy atom. The van der Waals surface area contributed by atoms with Crippen LogP contribution < -0.4 is 0 Å². The summed E-state index contributed by atoms with van der Waals surface area (Å²) in [7, 11) is 3.78. The first-order valence-electron chi connectivity index (χ1n) is 6.89. The predicted molar refractivity (Wildman–Crippen MR) is 74.3 cm³/mol. The second-order valence-electron chi connectivity index (χ2n) is 5.40. The number of rotatable bonds is 2. The van der Waals surface area contributed by atoms with Crippen molar-refractivity contribution in [2.75, 3.05) is 13.1 Å². The molecule has 0 bridgehead atoms. The Kier molecular flexibility index (Phi) is 3.30. The average Bonchev–Trinajstić information content (AvgIpc) is 3.07. The van der Waals surface area contributed by atoms with Crippen molar-refractivity contribution in [1.29, 1.82) is 0 Å². The molecule has 0 aliphatic carbocycles. The molecule has 0 atom stereocenters. The minimum Gasteiger partial charge on any atom is -0.337 e. The molecule has 1 aliphatic heterocycles. The summed E-state index contributed by atoms with van der Waals surface area (Å²) >= 11 is 0. The van der Waals surface area contributed by atoms with Crippen LogP contribution in [0.25, 0.3) is 0 Å². The number of aryl methyl sites for hydroxylation is 2. The van der Waals surface area contributed by atoms with E-state index < -0.39 is 0 Å². The van der Waals surface area contributed by atoms with Crippen LogP contribution in [0, 0.1) is 0 Å². The fourth-order valence-electron chi connectivity index (χ4n) is 2.79. The molecule has 106 valence electrons. The molecular weight excluding hydrogens is 254 g/mol. The summed E-state index contributed by atoms with van der Waals surface area (Å²) < 4.78 is 3.61. The third-order valence-corrected chi connectivity index (χ3v) is 4.01. The number of piperidine rings is 1. The summed E-state index contributed by atoms with van der Waals surface area (Å²) in [5, 5.41) is 4.22. The number of amides is 1. The second-order valence-corrected chi connectivity index (χ2v) is 5.40. The van der Waals surface area contributed by atoms with Gasteiger partial charge in [0, 0.05) is 33.4 Å². The Hall–Kier alpha value is -2.11. The fourth-order valence-corrected chi connectivity index (χ4v) is 2.79. The number of imidazole rings is 1. The van der Waals surface area contributed by atoms with Gasteiger partial charge < -0.3 is 9.47 Å². The quantitative estimate of drug-likeness (QED) is 0.825. The highest BCUT2D eigenvalue weighted by atomic mass is 16.2. The van der Waals surface area contributed by atoms with E-state index in [9.17, 15) is 4.79 Å². The first-order valence-corrected chi connectivity index (χ1v) is 6.89. The van der Waals surface area contributed by atoms with Crippen LogP contribution in [-0.2, 0) is 14.1 Å². The zero-order valence-electron chi connectivity index (χ0n) is 11.9. The lowest BCUT2D eigenvalue weighted by Gasteiger charge is -2.31. The van der Waals surface area contributed by atoms with Crippen molar-refractivity contribution in [3.8, 4) is 0 Å². The standard InChI is InChI=1S/C14H19N5O/c1-17-10-15-8-13(17)14(20)19-5-3-11(4-6-19)12-7-16-18(2)9-12/h7-11H,3-6H2,1-2H3. The summed E-state index contributed by atoms with van der Waals surface area (Å²) in [5.41, 5.74) is 1.94. The molecule has 1 amide bonds. The van der Waals surface area contributed by atoms with E-state index in [4.69, 9.17) is 0 Å². The van der Waals surface area contributed by atoms with E-state index in [1.54, 1.807) is 17.1 Å². The largest absolute Gasteiger partial charge is 0.337 e. The molecule has 1 fully saturated rings. The highest BCUT2D eigenvalue weighted by molar-refractivity contribution is 5.92. The first kappa shape index (κ1) is 12.9. The van der Waals surface area contributed by atoms with Gasteiger partial charge in [0.1, 0.15) is 5.69 Å². The van der Waals surface area contributed by atoms with Crippen LogP contribution >= 0.6 is 0 Å². The van der Waals surface area contributed by atoms with Crippen LogP contribution in [0.2, 0.25) is 0 Å². The smallest absolute Gasteiger partial charge is 0.272 e. The molecule has 3 heterocycles. The van der Waals surface area contributed by atoms with Crippen molar-refractivity contribution in [3.63, 3.8) is 0 Å². The maximum atomic E-state index is 12.4. The van der Waals surface area contributed by atoms with E-state index >= 15 is 0 Å². The van der Waals surface area contributed by atoms with Crippen molar-refractivity contribution >= 4 is 5.91 Å². The summed E-state index contributed by atoms with van der Waals surface area (Å²) in [6.45, 7) is 1.59. The Bertz CT molecular complexity index is 607.